The van der Waals surface area contributed by atoms with E-state index < -0.39 is 34.3 Å². The van der Waals surface area contributed by atoms with Crippen LogP contribution in [0.2, 0.25) is 5.02 Å². The van der Waals surface area contributed by atoms with Gasteiger partial charge in [0.05, 0.1) is 35.9 Å². The minimum atomic E-state index is -1.11. The van der Waals surface area contributed by atoms with E-state index in [1.807, 2.05) is 23.8 Å². The quantitative estimate of drug-likeness (QED) is 0.256. The number of aryl methyl sites for hydroxylation is 1. The van der Waals surface area contributed by atoms with Crippen LogP contribution in [0.1, 0.15) is 40.9 Å². The summed E-state index contributed by atoms with van der Waals surface area (Å²) in [5, 5.41) is 4.05. The number of rotatable bonds is 10. The van der Waals surface area contributed by atoms with Crippen LogP contribution in [0.25, 0.3) is 5.69 Å². The molecular formula is C27H27ClFN5O3S. The van der Waals surface area contributed by atoms with Crippen molar-refractivity contribution in [3.8, 4) is 11.4 Å². The van der Waals surface area contributed by atoms with Crippen molar-refractivity contribution in [3.63, 3.8) is 0 Å². The van der Waals surface area contributed by atoms with Crippen molar-refractivity contribution in [1.82, 2.24) is 14.1 Å². The molecule has 0 amide bonds. The minimum absolute atomic E-state index is 0.200. The number of hydrogen-bond acceptors (Lipinski definition) is 6. The molecule has 0 spiro atoms. The average Bonchev–Trinajstić information content (AvgIpc) is 3.33. The molecule has 0 saturated heterocycles. The Balaban J connectivity index is 1.81. The maximum atomic E-state index is 13.8. The summed E-state index contributed by atoms with van der Waals surface area (Å²) in [6, 6.07) is 11.2. The molecule has 1 N–H and O–H groups in total. The van der Waals surface area contributed by atoms with E-state index in [1.54, 1.807) is 36.8 Å². The van der Waals surface area contributed by atoms with Gasteiger partial charge in [0.1, 0.15) is 17.6 Å². The Kier molecular flexibility index (Phi) is 8.53. The van der Waals surface area contributed by atoms with Crippen molar-refractivity contribution in [1.29, 1.82) is 5.53 Å². The first kappa shape index (κ1) is 27.4. The molecule has 38 heavy (non-hydrogen) atoms. The highest BCUT2D eigenvalue weighted by Crippen LogP contribution is 2.33. The Morgan fingerprint density at radius 1 is 1.16 bits per heavy atom. The zero-order valence-electron chi connectivity index (χ0n) is 21.1. The number of imidazole rings is 1. The molecule has 2 aromatic carbocycles. The van der Waals surface area contributed by atoms with Crippen LogP contribution >= 0.6 is 11.6 Å². The van der Waals surface area contributed by atoms with Gasteiger partial charge in [0.15, 0.2) is 0 Å². The Labute approximate surface area is 227 Å². The zero-order chi connectivity index (χ0) is 27.4. The van der Waals surface area contributed by atoms with Crippen molar-refractivity contribution in [2.75, 3.05) is 19.1 Å². The second-order valence-electron chi connectivity index (χ2n) is 8.84. The van der Waals surface area contributed by atoms with E-state index >= 15 is 0 Å². The second-order valence-corrected chi connectivity index (χ2v) is 10.8. The lowest BCUT2D eigenvalue weighted by atomic mass is 9.98. The number of pyridine rings is 1. The second kappa shape index (κ2) is 11.8. The summed E-state index contributed by atoms with van der Waals surface area (Å²) in [6.07, 6.45) is 6.99. The molecule has 0 radical (unpaired) electrons. The molecule has 198 valence electrons. The van der Waals surface area contributed by atoms with E-state index in [2.05, 4.69) is 10.1 Å². The lowest BCUT2D eigenvalue weighted by molar-refractivity contribution is 0.412. The van der Waals surface area contributed by atoms with Gasteiger partial charge in [-0.2, -0.15) is 5.11 Å². The fourth-order valence-electron chi connectivity index (χ4n) is 4.40. The van der Waals surface area contributed by atoms with Crippen LogP contribution < -0.4 is 10.3 Å². The summed E-state index contributed by atoms with van der Waals surface area (Å²) in [5.41, 5.74) is 10.6. The number of halogens is 2. The van der Waals surface area contributed by atoms with Crippen LogP contribution in [0.4, 0.5) is 4.39 Å². The van der Waals surface area contributed by atoms with Crippen LogP contribution in [0.15, 0.2) is 77.2 Å². The molecule has 3 atom stereocenters. The third kappa shape index (κ3) is 5.92. The summed E-state index contributed by atoms with van der Waals surface area (Å²) >= 11 is 6.48. The molecule has 0 bridgehead atoms. The highest BCUT2D eigenvalue weighted by atomic mass is 35.5. The molecule has 0 fully saturated rings. The smallest absolute Gasteiger partial charge is 0.257 e. The van der Waals surface area contributed by atoms with Gasteiger partial charge in [-0.25, -0.2) is 14.9 Å². The molecule has 2 aromatic heterocycles. The number of ether oxygens (including phenoxy) is 1. The molecule has 4 rings (SSSR count). The molecule has 0 aliphatic carbocycles. The molecule has 0 aliphatic rings. The number of benzene rings is 2. The summed E-state index contributed by atoms with van der Waals surface area (Å²) in [4.78, 5) is 18.1. The number of hydrogen-bond donors (Lipinski definition) is 1. The predicted octanol–water partition coefficient (Wildman–Crippen LogP) is 5.62. The van der Waals surface area contributed by atoms with Crippen LogP contribution in [0.5, 0.6) is 5.75 Å². The van der Waals surface area contributed by atoms with Gasteiger partial charge in [-0.1, -0.05) is 29.8 Å². The maximum absolute atomic E-state index is 13.8. The van der Waals surface area contributed by atoms with Gasteiger partial charge in [0.25, 0.3) is 5.56 Å². The Bertz CT molecular complexity index is 1540. The zero-order valence-corrected chi connectivity index (χ0v) is 22.7. The summed E-state index contributed by atoms with van der Waals surface area (Å²) < 4.78 is 34.4. The van der Waals surface area contributed by atoms with Crippen LogP contribution in [0, 0.1) is 18.3 Å². The number of methoxy groups -OCH3 is 1. The fourth-order valence-corrected chi connectivity index (χ4v) is 5.18. The molecule has 8 nitrogen and oxygen atoms in total. The minimum Gasteiger partial charge on any atom is -0.495 e. The standard InChI is InChI=1S/C27H27ClFN5O3S/c1-17-14-33(16-31-17)24-9-6-19(12-25(24)37-2)26(32-30)22-13-20(28)15-34(27(22)35)23(10-11-38(3)36)18-4-7-21(29)8-5-18/h4-9,12-16,23,26,30H,10-11H2,1-3H3. The highest BCUT2D eigenvalue weighted by Gasteiger charge is 2.24. The Hall–Kier alpha value is -3.63. The largest absolute Gasteiger partial charge is 0.495 e. The third-order valence-electron chi connectivity index (χ3n) is 6.24. The third-order valence-corrected chi connectivity index (χ3v) is 7.26. The summed E-state index contributed by atoms with van der Waals surface area (Å²) in [6.45, 7) is 1.88. The van der Waals surface area contributed by atoms with Gasteiger partial charge in [-0.05, 0) is 54.8 Å². The van der Waals surface area contributed by atoms with Crippen molar-refractivity contribution in [3.05, 3.63) is 111 Å². The van der Waals surface area contributed by atoms with Gasteiger partial charge < -0.3 is 13.9 Å². The summed E-state index contributed by atoms with van der Waals surface area (Å²) in [5.74, 6) is 0.446. The average molecular weight is 556 g/mol. The fraction of sp³-hybridized carbons (Fsp3) is 0.259. The topological polar surface area (TPSA) is 102 Å². The predicted molar refractivity (Wildman–Crippen MR) is 146 cm³/mol. The monoisotopic (exact) mass is 555 g/mol. The molecule has 0 aliphatic heterocycles. The number of nitrogens with zero attached hydrogens (tertiary/aromatic N) is 4. The van der Waals surface area contributed by atoms with E-state index in [1.165, 1.54) is 36.1 Å². The molecule has 2 heterocycles. The maximum Gasteiger partial charge on any atom is 0.257 e. The van der Waals surface area contributed by atoms with Gasteiger partial charge in [0, 0.05) is 40.8 Å². The Morgan fingerprint density at radius 3 is 2.47 bits per heavy atom. The first-order valence-electron chi connectivity index (χ1n) is 11.7. The van der Waals surface area contributed by atoms with Gasteiger partial charge in [-0.15, -0.1) is 0 Å². The van der Waals surface area contributed by atoms with E-state index in [0.29, 0.717) is 29.1 Å². The van der Waals surface area contributed by atoms with E-state index in [0.717, 1.165) is 11.4 Å². The van der Waals surface area contributed by atoms with Crippen molar-refractivity contribution in [2.24, 2.45) is 5.11 Å². The lowest BCUT2D eigenvalue weighted by Gasteiger charge is -2.23. The Morgan fingerprint density at radius 2 is 1.87 bits per heavy atom. The SMILES string of the molecule is COc1cc(C(N=N)c2cc(Cl)cn(C(CCS(C)=O)c3ccc(F)cc3)c2=O)ccc1-n1cnc(C)c1. The van der Waals surface area contributed by atoms with Crippen molar-refractivity contribution in [2.45, 2.75) is 25.4 Å². The summed E-state index contributed by atoms with van der Waals surface area (Å²) in [7, 11) is 0.431. The van der Waals surface area contributed by atoms with Crippen LogP contribution in [0.3, 0.4) is 0 Å². The molecule has 4 aromatic rings. The van der Waals surface area contributed by atoms with E-state index in [-0.39, 0.29) is 10.6 Å². The highest BCUT2D eigenvalue weighted by molar-refractivity contribution is 7.84. The molecular weight excluding hydrogens is 529 g/mol. The molecule has 3 unspecified atom stereocenters. The normalized spacial score (nSPS) is 13.6. The van der Waals surface area contributed by atoms with Crippen LogP contribution in [-0.4, -0.2) is 37.4 Å². The number of aromatic nitrogens is 3. The van der Waals surface area contributed by atoms with Crippen molar-refractivity contribution < 1.29 is 13.3 Å². The molecule has 11 heteroatoms. The van der Waals surface area contributed by atoms with Gasteiger partial charge >= 0.3 is 0 Å². The van der Waals surface area contributed by atoms with E-state index in [9.17, 15) is 13.4 Å². The van der Waals surface area contributed by atoms with Crippen LogP contribution in [-0.2, 0) is 10.8 Å². The molecule has 0 saturated carbocycles. The first-order chi connectivity index (χ1) is 18.2. The van der Waals surface area contributed by atoms with E-state index in [4.69, 9.17) is 21.9 Å². The van der Waals surface area contributed by atoms with Gasteiger partial charge in [-0.3, -0.25) is 9.00 Å². The van der Waals surface area contributed by atoms with Gasteiger partial charge in [0.2, 0.25) is 0 Å². The first-order valence-corrected chi connectivity index (χ1v) is 13.8. The van der Waals surface area contributed by atoms with Crippen molar-refractivity contribution >= 4 is 22.4 Å². The number of nitrogens with one attached hydrogen (secondary N) is 1. The lowest BCUT2D eigenvalue weighted by Crippen LogP contribution is -2.30.